The van der Waals surface area contributed by atoms with Gasteiger partial charge in [0.05, 0.1) is 17.5 Å². The van der Waals surface area contributed by atoms with Crippen molar-refractivity contribution >= 4 is 21.6 Å². The van der Waals surface area contributed by atoms with Gasteiger partial charge in [0.2, 0.25) is 10.0 Å². The standard InChI is InChI=1S/C19H24N2O3S/c1-4-14-10-11-15(5-2)16(12-14)13-20-19(22)17-8-6-7-9-18(17)21-25(3,23)24/h6-12,21H,4-5,13H2,1-3H3,(H,20,22). The summed E-state index contributed by atoms with van der Waals surface area (Å²) in [6.07, 6.45) is 2.89. The molecule has 2 aromatic rings. The topological polar surface area (TPSA) is 75.3 Å². The molecule has 2 N–H and O–H groups in total. The normalized spacial score (nSPS) is 11.2. The molecular formula is C19H24N2O3S. The first kappa shape index (κ1) is 19.0. The van der Waals surface area contributed by atoms with Gasteiger partial charge >= 0.3 is 0 Å². The highest BCUT2D eigenvalue weighted by molar-refractivity contribution is 7.92. The van der Waals surface area contributed by atoms with E-state index >= 15 is 0 Å². The van der Waals surface area contributed by atoms with E-state index in [1.54, 1.807) is 24.3 Å². The van der Waals surface area contributed by atoms with Crippen molar-refractivity contribution in [1.29, 1.82) is 0 Å². The van der Waals surface area contributed by atoms with Gasteiger partial charge in [-0.25, -0.2) is 8.42 Å². The van der Waals surface area contributed by atoms with E-state index < -0.39 is 10.0 Å². The first-order valence-corrected chi connectivity index (χ1v) is 10.2. The molecule has 2 rings (SSSR count). The smallest absolute Gasteiger partial charge is 0.253 e. The van der Waals surface area contributed by atoms with Crippen molar-refractivity contribution < 1.29 is 13.2 Å². The van der Waals surface area contributed by atoms with E-state index in [9.17, 15) is 13.2 Å². The Kier molecular flexibility index (Phi) is 6.20. The number of amides is 1. The molecule has 0 radical (unpaired) electrons. The Morgan fingerprint density at radius 3 is 2.36 bits per heavy atom. The average molecular weight is 360 g/mol. The van der Waals surface area contributed by atoms with E-state index in [4.69, 9.17) is 0 Å². The van der Waals surface area contributed by atoms with Crippen molar-refractivity contribution in [2.24, 2.45) is 0 Å². The largest absolute Gasteiger partial charge is 0.348 e. The SMILES string of the molecule is CCc1ccc(CC)c(CNC(=O)c2ccccc2NS(C)(=O)=O)c1. The number of sulfonamides is 1. The molecular weight excluding hydrogens is 336 g/mol. The molecule has 0 heterocycles. The van der Waals surface area contributed by atoms with Crippen LogP contribution in [0.1, 0.15) is 40.9 Å². The molecule has 2 aromatic carbocycles. The number of rotatable bonds is 7. The number of aryl methyl sites for hydroxylation is 2. The summed E-state index contributed by atoms with van der Waals surface area (Å²) in [7, 11) is -3.45. The zero-order valence-electron chi connectivity index (χ0n) is 14.8. The molecule has 0 aliphatic rings. The van der Waals surface area contributed by atoms with Crippen molar-refractivity contribution in [2.45, 2.75) is 33.2 Å². The summed E-state index contributed by atoms with van der Waals surface area (Å²) in [6.45, 7) is 4.58. The Bertz CT molecular complexity index is 861. The van der Waals surface area contributed by atoms with E-state index in [2.05, 4.69) is 42.1 Å². The van der Waals surface area contributed by atoms with Crippen LogP contribution >= 0.6 is 0 Å². The molecule has 0 aliphatic carbocycles. The highest BCUT2D eigenvalue weighted by Crippen LogP contribution is 2.17. The Hall–Kier alpha value is -2.34. The number of para-hydroxylation sites is 1. The molecule has 0 unspecified atom stereocenters. The lowest BCUT2D eigenvalue weighted by molar-refractivity contribution is 0.0951. The lowest BCUT2D eigenvalue weighted by Crippen LogP contribution is -2.25. The van der Waals surface area contributed by atoms with E-state index in [1.165, 1.54) is 11.1 Å². The molecule has 0 aliphatic heterocycles. The second-order valence-electron chi connectivity index (χ2n) is 5.91. The van der Waals surface area contributed by atoms with Gasteiger partial charge < -0.3 is 5.32 Å². The van der Waals surface area contributed by atoms with Gasteiger partial charge in [0.25, 0.3) is 5.91 Å². The Balaban J connectivity index is 2.19. The third-order valence-electron chi connectivity index (χ3n) is 3.97. The third kappa shape index (κ3) is 5.32. The zero-order valence-corrected chi connectivity index (χ0v) is 15.6. The lowest BCUT2D eigenvalue weighted by Gasteiger charge is -2.13. The monoisotopic (exact) mass is 360 g/mol. The van der Waals surface area contributed by atoms with Crippen LogP contribution in [0.5, 0.6) is 0 Å². The average Bonchev–Trinajstić information content (AvgIpc) is 2.58. The summed E-state index contributed by atoms with van der Waals surface area (Å²) in [5.74, 6) is -0.310. The second kappa shape index (κ2) is 8.16. The summed E-state index contributed by atoms with van der Waals surface area (Å²) in [6, 6.07) is 12.9. The van der Waals surface area contributed by atoms with Gasteiger partial charge in [-0.3, -0.25) is 9.52 Å². The fourth-order valence-electron chi connectivity index (χ4n) is 2.65. The molecule has 25 heavy (non-hydrogen) atoms. The number of carbonyl (C=O) groups is 1. The first-order chi connectivity index (χ1) is 11.8. The van der Waals surface area contributed by atoms with E-state index in [1.807, 2.05) is 0 Å². The number of anilines is 1. The maximum atomic E-state index is 12.5. The number of carbonyl (C=O) groups excluding carboxylic acids is 1. The van der Waals surface area contributed by atoms with Crippen LogP contribution in [0.2, 0.25) is 0 Å². The van der Waals surface area contributed by atoms with Crippen molar-refractivity contribution in [3.8, 4) is 0 Å². The van der Waals surface area contributed by atoms with Crippen molar-refractivity contribution in [2.75, 3.05) is 11.0 Å². The van der Waals surface area contributed by atoms with Crippen molar-refractivity contribution in [3.05, 3.63) is 64.7 Å². The van der Waals surface area contributed by atoms with E-state index in [-0.39, 0.29) is 11.6 Å². The molecule has 0 spiro atoms. The highest BCUT2D eigenvalue weighted by Gasteiger charge is 2.14. The van der Waals surface area contributed by atoms with Gasteiger partial charge in [0.15, 0.2) is 0 Å². The molecule has 0 fully saturated rings. The number of hydrogen-bond acceptors (Lipinski definition) is 3. The number of hydrogen-bond donors (Lipinski definition) is 2. The second-order valence-corrected chi connectivity index (χ2v) is 7.66. The Labute approximate surface area is 149 Å². The van der Waals surface area contributed by atoms with Gasteiger partial charge in [-0.05, 0) is 41.7 Å². The van der Waals surface area contributed by atoms with Crippen LogP contribution in [0.15, 0.2) is 42.5 Å². The van der Waals surface area contributed by atoms with Gasteiger partial charge in [0.1, 0.15) is 0 Å². The molecule has 134 valence electrons. The zero-order chi connectivity index (χ0) is 18.4. The summed E-state index contributed by atoms with van der Waals surface area (Å²) in [4.78, 5) is 12.5. The van der Waals surface area contributed by atoms with Crippen LogP contribution < -0.4 is 10.0 Å². The number of nitrogens with one attached hydrogen (secondary N) is 2. The molecule has 6 heteroatoms. The Morgan fingerprint density at radius 1 is 1.00 bits per heavy atom. The molecule has 0 atom stereocenters. The molecule has 0 saturated carbocycles. The highest BCUT2D eigenvalue weighted by atomic mass is 32.2. The minimum atomic E-state index is -3.45. The van der Waals surface area contributed by atoms with E-state index in [0.717, 1.165) is 24.7 Å². The number of benzene rings is 2. The summed E-state index contributed by atoms with van der Waals surface area (Å²) in [5, 5.41) is 2.89. The van der Waals surface area contributed by atoms with Gasteiger partial charge in [0, 0.05) is 6.54 Å². The third-order valence-corrected chi connectivity index (χ3v) is 4.56. The van der Waals surface area contributed by atoms with Crippen LogP contribution in [0.4, 0.5) is 5.69 Å². The summed E-state index contributed by atoms with van der Waals surface area (Å²) in [5.41, 5.74) is 4.09. The maximum absolute atomic E-state index is 12.5. The minimum Gasteiger partial charge on any atom is -0.348 e. The van der Waals surface area contributed by atoms with Crippen LogP contribution in [-0.4, -0.2) is 20.6 Å². The predicted octanol–water partition coefficient (Wildman–Crippen LogP) is 3.11. The van der Waals surface area contributed by atoms with Crippen molar-refractivity contribution in [1.82, 2.24) is 5.32 Å². The van der Waals surface area contributed by atoms with Crippen molar-refractivity contribution in [3.63, 3.8) is 0 Å². The quantitative estimate of drug-likeness (QED) is 0.797. The molecule has 0 saturated heterocycles. The molecule has 5 nitrogen and oxygen atoms in total. The predicted molar refractivity (Wildman–Crippen MR) is 101 cm³/mol. The van der Waals surface area contributed by atoms with E-state index in [0.29, 0.717) is 12.1 Å². The fraction of sp³-hybridized carbons (Fsp3) is 0.316. The summed E-state index contributed by atoms with van der Waals surface area (Å²) >= 11 is 0. The first-order valence-electron chi connectivity index (χ1n) is 8.29. The molecule has 0 bridgehead atoms. The fourth-order valence-corrected chi connectivity index (χ4v) is 3.23. The lowest BCUT2D eigenvalue weighted by atomic mass is 10.0. The van der Waals surface area contributed by atoms with Crippen LogP contribution in [-0.2, 0) is 29.4 Å². The van der Waals surface area contributed by atoms with Gasteiger partial charge in [-0.15, -0.1) is 0 Å². The Morgan fingerprint density at radius 2 is 1.72 bits per heavy atom. The summed E-state index contributed by atoms with van der Waals surface area (Å²) < 4.78 is 25.3. The van der Waals surface area contributed by atoms with Gasteiger partial charge in [-0.2, -0.15) is 0 Å². The van der Waals surface area contributed by atoms with Gasteiger partial charge in [-0.1, -0.05) is 44.2 Å². The molecule has 0 aromatic heterocycles. The van der Waals surface area contributed by atoms with Crippen LogP contribution in [0.25, 0.3) is 0 Å². The van der Waals surface area contributed by atoms with Crippen LogP contribution in [0.3, 0.4) is 0 Å². The maximum Gasteiger partial charge on any atom is 0.253 e. The van der Waals surface area contributed by atoms with Crippen LogP contribution in [0, 0.1) is 0 Å². The minimum absolute atomic E-state index is 0.278. The molecule has 1 amide bonds.